The molecule has 2 aliphatic carbocycles. The van der Waals surface area contributed by atoms with Crippen molar-refractivity contribution >= 4 is 29.1 Å². The number of hydrazine groups is 1. The molecule has 2 heterocycles. The van der Waals surface area contributed by atoms with E-state index in [0.717, 1.165) is 33.9 Å². The van der Waals surface area contributed by atoms with Crippen LogP contribution < -0.4 is 5.43 Å². The zero-order valence-corrected chi connectivity index (χ0v) is 18.1. The van der Waals surface area contributed by atoms with Crippen molar-refractivity contribution in [1.29, 1.82) is 0 Å². The number of nitrogens with one attached hydrogen (secondary N) is 1. The number of nitrogens with zero attached hydrogens (tertiary/aromatic N) is 1. The van der Waals surface area contributed by atoms with Crippen molar-refractivity contribution in [3.63, 3.8) is 0 Å². The van der Waals surface area contributed by atoms with E-state index < -0.39 is 5.91 Å². The highest BCUT2D eigenvalue weighted by Crippen LogP contribution is 2.59. The van der Waals surface area contributed by atoms with E-state index in [9.17, 15) is 14.4 Å². The van der Waals surface area contributed by atoms with Gasteiger partial charge in [-0.1, -0.05) is 41.5 Å². The van der Waals surface area contributed by atoms with Crippen molar-refractivity contribution in [2.24, 2.45) is 23.7 Å². The Hall–Kier alpha value is -2.73. The fraction of sp³-hybridized carbons (Fsp3) is 0.375. The largest absolute Gasteiger partial charge is 0.272 e. The maximum atomic E-state index is 13.2. The van der Waals surface area contributed by atoms with Crippen LogP contribution in [-0.2, 0) is 9.59 Å². The van der Waals surface area contributed by atoms with Gasteiger partial charge in [0.15, 0.2) is 0 Å². The molecule has 1 saturated heterocycles. The van der Waals surface area contributed by atoms with Crippen LogP contribution in [0.25, 0.3) is 11.1 Å². The average Bonchev–Trinajstić information content (AvgIpc) is 3.46. The Bertz CT molecular complexity index is 1060. The average molecular weight is 421 g/mol. The molecule has 0 radical (unpaired) electrons. The van der Waals surface area contributed by atoms with Gasteiger partial charge in [-0.05, 0) is 51.0 Å². The topological polar surface area (TPSA) is 66.5 Å². The van der Waals surface area contributed by atoms with Crippen molar-refractivity contribution in [3.8, 4) is 11.1 Å². The Morgan fingerprint density at radius 2 is 1.63 bits per heavy atom. The Morgan fingerprint density at radius 1 is 1.03 bits per heavy atom. The molecule has 1 aromatic heterocycles. The molecule has 1 N–H and O–H groups in total. The first-order valence-corrected chi connectivity index (χ1v) is 11.3. The molecule has 4 atom stereocenters. The molecule has 5 rings (SSSR count). The first-order chi connectivity index (χ1) is 14.4. The molecule has 0 spiro atoms. The third-order valence-corrected chi connectivity index (χ3v) is 7.84. The molecule has 3 aliphatic rings. The zero-order chi connectivity index (χ0) is 21.2. The van der Waals surface area contributed by atoms with Crippen LogP contribution in [0.3, 0.4) is 0 Å². The van der Waals surface area contributed by atoms with Crippen LogP contribution in [0.15, 0.2) is 46.9 Å². The maximum Gasteiger partial charge on any atom is 0.271 e. The standard InChI is InChI=1S/C24H24N2O3S/c1-12(2)18-15-9-10-16(18)21-20(15)23(28)26(24(21)29)25-22(27)17-11-30-13(3)19(17)14-7-5-4-6-8-14/h4-8,11,15-16,20-21H,9-10H2,1-3H3,(H,25,27). The van der Waals surface area contributed by atoms with Gasteiger partial charge in [-0.2, -0.15) is 5.01 Å². The quantitative estimate of drug-likeness (QED) is 0.593. The van der Waals surface area contributed by atoms with Gasteiger partial charge in [0.2, 0.25) is 0 Å². The van der Waals surface area contributed by atoms with Gasteiger partial charge < -0.3 is 0 Å². The molecular formula is C24H24N2O3S. The molecule has 6 heteroatoms. The summed E-state index contributed by atoms with van der Waals surface area (Å²) in [6.45, 7) is 6.11. The summed E-state index contributed by atoms with van der Waals surface area (Å²) in [5, 5.41) is 2.80. The summed E-state index contributed by atoms with van der Waals surface area (Å²) >= 11 is 1.49. The number of aryl methyl sites for hydroxylation is 1. The summed E-state index contributed by atoms with van der Waals surface area (Å²) in [6, 6.07) is 9.71. The number of thiophene rings is 1. The van der Waals surface area contributed by atoms with Gasteiger partial charge in [-0.15, -0.1) is 11.3 Å². The molecule has 5 nitrogen and oxygen atoms in total. The number of carbonyl (C=O) groups is 3. The number of amides is 3. The molecule has 2 aromatic rings. The minimum Gasteiger partial charge on any atom is -0.272 e. The van der Waals surface area contributed by atoms with E-state index in [1.54, 1.807) is 5.38 Å². The van der Waals surface area contributed by atoms with Crippen LogP contribution in [0.2, 0.25) is 0 Å². The third-order valence-electron chi connectivity index (χ3n) is 6.93. The summed E-state index contributed by atoms with van der Waals surface area (Å²) in [7, 11) is 0. The van der Waals surface area contributed by atoms with Gasteiger partial charge in [0.25, 0.3) is 17.7 Å². The molecular weight excluding hydrogens is 396 g/mol. The smallest absolute Gasteiger partial charge is 0.271 e. The van der Waals surface area contributed by atoms with Gasteiger partial charge in [0, 0.05) is 15.8 Å². The third kappa shape index (κ3) is 2.63. The van der Waals surface area contributed by atoms with E-state index in [4.69, 9.17) is 0 Å². The van der Waals surface area contributed by atoms with Gasteiger partial charge in [0.05, 0.1) is 17.4 Å². The second kappa shape index (κ2) is 6.91. The van der Waals surface area contributed by atoms with Gasteiger partial charge in [-0.25, -0.2) is 0 Å². The minimum absolute atomic E-state index is 0.145. The number of imide groups is 1. The predicted octanol–water partition coefficient (Wildman–Crippen LogP) is 4.35. The Labute approximate surface area is 179 Å². The van der Waals surface area contributed by atoms with E-state index >= 15 is 0 Å². The summed E-state index contributed by atoms with van der Waals surface area (Å²) < 4.78 is 0. The predicted molar refractivity (Wildman–Crippen MR) is 115 cm³/mol. The van der Waals surface area contributed by atoms with Crippen molar-refractivity contribution in [2.75, 3.05) is 0 Å². The van der Waals surface area contributed by atoms with Gasteiger partial charge in [0.1, 0.15) is 0 Å². The first-order valence-electron chi connectivity index (χ1n) is 10.4. The maximum absolute atomic E-state index is 13.2. The molecule has 3 amide bonds. The Kier molecular flexibility index (Phi) is 4.43. The highest BCUT2D eigenvalue weighted by molar-refractivity contribution is 7.10. The highest BCUT2D eigenvalue weighted by atomic mass is 32.1. The molecule has 1 aromatic carbocycles. The van der Waals surface area contributed by atoms with Crippen LogP contribution in [0.4, 0.5) is 0 Å². The Balaban J connectivity index is 1.43. The number of fused-ring (bicyclic) bond motifs is 5. The number of carbonyl (C=O) groups excluding carboxylic acids is 3. The first kappa shape index (κ1) is 19.2. The molecule has 4 unspecified atom stereocenters. The van der Waals surface area contributed by atoms with Crippen LogP contribution in [0, 0.1) is 30.6 Å². The van der Waals surface area contributed by atoms with Crippen molar-refractivity contribution in [1.82, 2.24) is 10.4 Å². The molecule has 30 heavy (non-hydrogen) atoms. The van der Waals surface area contributed by atoms with E-state index in [0.29, 0.717) is 5.56 Å². The number of hydrogen-bond donors (Lipinski definition) is 1. The van der Waals surface area contributed by atoms with Crippen molar-refractivity contribution in [2.45, 2.75) is 33.6 Å². The summed E-state index contributed by atoms with van der Waals surface area (Å²) in [6.07, 6.45) is 1.91. The number of benzene rings is 1. The van der Waals surface area contributed by atoms with Crippen LogP contribution >= 0.6 is 11.3 Å². The molecule has 2 saturated carbocycles. The minimum atomic E-state index is -0.408. The Morgan fingerprint density at radius 3 is 2.20 bits per heavy atom. The second-order valence-electron chi connectivity index (χ2n) is 8.70. The van der Waals surface area contributed by atoms with Crippen molar-refractivity contribution in [3.05, 3.63) is 57.3 Å². The monoisotopic (exact) mass is 420 g/mol. The van der Waals surface area contributed by atoms with E-state index in [2.05, 4.69) is 19.3 Å². The van der Waals surface area contributed by atoms with E-state index in [-0.39, 0.29) is 35.5 Å². The lowest BCUT2D eigenvalue weighted by molar-refractivity contribution is -0.143. The fourth-order valence-corrected chi connectivity index (χ4v) is 6.71. The molecule has 154 valence electrons. The molecule has 2 bridgehead atoms. The van der Waals surface area contributed by atoms with Gasteiger partial charge in [-0.3, -0.25) is 19.8 Å². The summed E-state index contributed by atoms with van der Waals surface area (Å²) in [4.78, 5) is 40.4. The SMILES string of the molecule is CC(C)=C1C2CCC1C1C(=O)N(NC(=O)c3csc(C)c3-c3ccccc3)C(=O)C21. The zero-order valence-electron chi connectivity index (χ0n) is 17.3. The van der Waals surface area contributed by atoms with Crippen LogP contribution in [0.1, 0.15) is 41.9 Å². The summed E-state index contributed by atoms with van der Waals surface area (Å²) in [5.41, 5.74) is 7.47. The van der Waals surface area contributed by atoms with E-state index in [1.165, 1.54) is 22.5 Å². The molecule has 3 fully saturated rings. The normalized spacial score (nSPS) is 27.0. The fourth-order valence-electron chi connectivity index (χ4n) is 5.85. The number of rotatable bonds is 3. The van der Waals surface area contributed by atoms with Crippen LogP contribution in [0.5, 0.6) is 0 Å². The lowest BCUT2D eigenvalue weighted by Crippen LogP contribution is -2.47. The second-order valence-corrected chi connectivity index (χ2v) is 9.78. The number of hydrogen-bond acceptors (Lipinski definition) is 4. The lowest BCUT2D eigenvalue weighted by atomic mass is 9.81. The van der Waals surface area contributed by atoms with E-state index in [1.807, 2.05) is 37.3 Å². The highest BCUT2D eigenvalue weighted by Gasteiger charge is 2.63. The number of allylic oxidation sites excluding steroid dienone is 2. The lowest BCUT2D eigenvalue weighted by Gasteiger charge is -2.19. The van der Waals surface area contributed by atoms with Crippen molar-refractivity contribution < 1.29 is 14.4 Å². The van der Waals surface area contributed by atoms with Gasteiger partial charge >= 0.3 is 0 Å². The van der Waals surface area contributed by atoms with Crippen LogP contribution in [-0.4, -0.2) is 22.7 Å². The summed E-state index contributed by atoms with van der Waals surface area (Å²) in [5.74, 6) is -1.26. The molecule has 1 aliphatic heterocycles.